The zero-order chi connectivity index (χ0) is 17.1. The van der Waals surface area contributed by atoms with Crippen molar-refractivity contribution >= 4 is 22.5 Å². The minimum absolute atomic E-state index is 0.0102. The Bertz CT molecular complexity index is 917. The molecule has 0 unspecified atom stereocenters. The fraction of sp³-hybridized carbons (Fsp3) is 0.211. The first kappa shape index (κ1) is 15.9. The third-order valence-electron chi connectivity index (χ3n) is 3.86. The predicted molar refractivity (Wildman–Crippen MR) is 95.1 cm³/mol. The van der Waals surface area contributed by atoms with E-state index < -0.39 is 0 Å². The van der Waals surface area contributed by atoms with Crippen molar-refractivity contribution < 1.29 is 4.79 Å². The van der Waals surface area contributed by atoms with E-state index in [-0.39, 0.29) is 24.1 Å². The van der Waals surface area contributed by atoms with Gasteiger partial charge in [0.05, 0.1) is 17.2 Å². The zero-order valence-corrected chi connectivity index (χ0v) is 13.7. The maximum atomic E-state index is 12.8. The van der Waals surface area contributed by atoms with E-state index in [0.29, 0.717) is 10.9 Å². The summed E-state index contributed by atoms with van der Waals surface area (Å²) in [4.78, 5) is 31.3. The van der Waals surface area contributed by atoms with Crippen LogP contribution in [-0.4, -0.2) is 21.5 Å². The summed E-state index contributed by atoms with van der Waals surface area (Å²) in [5, 5.41) is 0.517. The van der Waals surface area contributed by atoms with E-state index in [2.05, 4.69) is 4.98 Å². The van der Waals surface area contributed by atoms with E-state index in [1.807, 2.05) is 50.2 Å². The van der Waals surface area contributed by atoms with Gasteiger partial charge in [-0.25, -0.2) is 4.98 Å². The molecule has 5 nitrogen and oxygen atoms in total. The first-order chi connectivity index (χ1) is 11.6. The number of hydrogen-bond donors (Lipinski definition) is 0. The van der Waals surface area contributed by atoms with Gasteiger partial charge in [0.25, 0.3) is 5.56 Å². The second-order valence-electron chi connectivity index (χ2n) is 5.89. The van der Waals surface area contributed by atoms with Gasteiger partial charge in [0.15, 0.2) is 0 Å². The number of benzene rings is 2. The lowest BCUT2D eigenvalue weighted by Gasteiger charge is -2.27. The number of para-hydroxylation sites is 2. The molecule has 1 aromatic heterocycles. The summed E-state index contributed by atoms with van der Waals surface area (Å²) >= 11 is 0. The van der Waals surface area contributed by atoms with E-state index in [1.54, 1.807) is 23.1 Å². The standard InChI is InChI=1S/C19H19N3O2/c1-14(2)22(15-8-4-3-5-9-15)18(23)12-21-13-20-17-11-7-6-10-16(17)19(21)24/h3-11,13-14H,12H2,1-2H3. The molecule has 2 aromatic carbocycles. The molecule has 0 aliphatic heterocycles. The van der Waals surface area contributed by atoms with E-state index in [9.17, 15) is 9.59 Å². The van der Waals surface area contributed by atoms with Gasteiger partial charge in [-0.05, 0) is 38.1 Å². The SMILES string of the molecule is CC(C)N(C(=O)Cn1cnc2ccccc2c1=O)c1ccccc1. The molecule has 0 aliphatic rings. The van der Waals surface area contributed by atoms with Crippen molar-refractivity contribution in [1.29, 1.82) is 0 Å². The first-order valence-corrected chi connectivity index (χ1v) is 7.89. The van der Waals surface area contributed by atoms with Gasteiger partial charge in [-0.15, -0.1) is 0 Å². The summed E-state index contributed by atoms with van der Waals surface area (Å²) < 4.78 is 1.36. The number of carbonyl (C=O) groups is 1. The van der Waals surface area contributed by atoms with Crippen LogP contribution in [0.4, 0.5) is 5.69 Å². The Balaban J connectivity index is 1.94. The first-order valence-electron chi connectivity index (χ1n) is 7.89. The van der Waals surface area contributed by atoms with Gasteiger partial charge < -0.3 is 4.90 Å². The second kappa shape index (κ2) is 6.66. The highest BCUT2D eigenvalue weighted by molar-refractivity contribution is 5.93. The summed E-state index contributed by atoms with van der Waals surface area (Å²) in [5.41, 5.74) is 1.25. The van der Waals surface area contributed by atoms with Crippen LogP contribution in [-0.2, 0) is 11.3 Å². The summed E-state index contributed by atoms with van der Waals surface area (Å²) in [6, 6.07) is 16.6. The molecule has 3 rings (SSSR count). The smallest absolute Gasteiger partial charge is 0.261 e. The van der Waals surface area contributed by atoms with Crippen LogP contribution in [0.5, 0.6) is 0 Å². The van der Waals surface area contributed by atoms with E-state index >= 15 is 0 Å². The zero-order valence-electron chi connectivity index (χ0n) is 13.7. The summed E-state index contributed by atoms with van der Waals surface area (Å²) in [6.45, 7) is 3.86. The van der Waals surface area contributed by atoms with Crippen LogP contribution in [0.2, 0.25) is 0 Å². The Kier molecular flexibility index (Phi) is 4.42. The average Bonchev–Trinajstić information content (AvgIpc) is 2.58. The molecule has 5 heteroatoms. The van der Waals surface area contributed by atoms with Crippen LogP contribution >= 0.6 is 0 Å². The van der Waals surface area contributed by atoms with Crippen molar-refractivity contribution in [1.82, 2.24) is 9.55 Å². The molecule has 0 atom stereocenters. The molecule has 0 aliphatic carbocycles. The highest BCUT2D eigenvalue weighted by Crippen LogP contribution is 2.17. The van der Waals surface area contributed by atoms with Crippen molar-refractivity contribution in [3.05, 3.63) is 71.3 Å². The van der Waals surface area contributed by atoms with Crippen LogP contribution in [0.25, 0.3) is 10.9 Å². The van der Waals surface area contributed by atoms with Gasteiger partial charge >= 0.3 is 0 Å². The molecule has 0 saturated carbocycles. The van der Waals surface area contributed by atoms with Crippen LogP contribution in [0, 0.1) is 0 Å². The Hall–Kier alpha value is -2.95. The van der Waals surface area contributed by atoms with Gasteiger partial charge in [-0.1, -0.05) is 30.3 Å². The second-order valence-corrected chi connectivity index (χ2v) is 5.89. The van der Waals surface area contributed by atoms with Crippen molar-refractivity contribution in [2.24, 2.45) is 0 Å². The Labute approximate surface area is 140 Å². The number of anilines is 1. The van der Waals surface area contributed by atoms with Crippen LogP contribution < -0.4 is 10.5 Å². The number of amides is 1. The van der Waals surface area contributed by atoms with Gasteiger partial charge in [-0.3, -0.25) is 14.2 Å². The normalized spacial score (nSPS) is 11.0. The lowest BCUT2D eigenvalue weighted by atomic mass is 10.2. The maximum absolute atomic E-state index is 12.8. The number of hydrogen-bond acceptors (Lipinski definition) is 3. The molecule has 0 bridgehead atoms. The van der Waals surface area contributed by atoms with E-state index in [1.165, 1.54) is 10.9 Å². The summed E-state index contributed by atoms with van der Waals surface area (Å²) in [6.07, 6.45) is 1.44. The molecular formula is C19H19N3O2. The summed E-state index contributed by atoms with van der Waals surface area (Å²) in [5.74, 6) is -0.143. The molecule has 1 heterocycles. The predicted octanol–water partition coefficient (Wildman–Crippen LogP) is 2.84. The molecular weight excluding hydrogens is 302 g/mol. The molecule has 0 saturated heterocycles. The molecule has 0 N–H and O–H groups in total. The lowest BCUT2D eigenvalue weighted by Crippen LogP contribution is -2.41. The van der Waals surface area contributed by atoms with E-state index in [0.717, 1.165) is 5.69 Å². The highest BCUT2D eigenvalue weighted by Gasteiger charge is 2.20. The fourth-order valence-electron chi connectivity index (χ4n) is 2.76. The van der Waals surface area contributed by atoms with Crippen LogP contribution in [0.15, 0.2) is 65.7 Å². The molecule has 122 valence electrons. The molecule has 0 fully saturated rings. The molecule has 0 radical (unpaired) electrons. The Morgan fingerprint density at radius 3 is 2.46 bits per heavy atom. The Morgan fingerprint density at radius 1 is 1.08 bits per heavy atom. The maximum Gasteiger partial charge on any atom is 0.261 e. The number of rotatable bonds is 4. The topological polar surface area (TPSA) is 55.2 Å². The van der Waals surface area contributed by atoms with Crippen LogP contribution in [0.3, 0.4) is 0 Å². The quantitative estimate of drug-likeness (QED) is 0.742. The molecule has 1 amide bonds. The largest absolute Gasteiger partial charge is 0.308 e. The molecule has 3 aromatic rings. The fourth-order valence-corrected chi connectivity index (χ4v) is 2.76. The van der Waals surface area contributed by atoms with Crippen molar-refractivity contribution in [3.63, 3.8) is 0 Å². The monoisotopic (exact) mass is 321 g/mol. The average molecular weight is 321 g/mol. The van der Waals surface area contributed by atoms with Gasteiger partial charge in [0.2, 0.25) is 5.91 Å². The lowest BCUT2D eigenvalue weighted by molar-refractivity contribution is -0.119. The number of aromatic nitrogens is 2. The van der Waals surface area contributed by atoms with Gasteiger partial charge in [0, 0.05) is 11.7 Å². The summed E-state index contributed by atoms with van der Waals surface area (Å²) in [7, 11) is 0. The van der Waals surface area contributed by atoms with Crippen molar-refractivity contribution in [2.45, 2.75) is 26.4 Å². The third kappa shape index (κ3) is 3.06. The van der Waals surface area contributed by atoms with Crippen LogP contribution in [0.1, 0.15) is 13.8 Å². The Morgan fingerprint density at radius 2 is 1.75 bits per heavy atom. The minimum Gasteiger partial charge on any atom is -0.308 e. The molecule has 0 spiro atoms. The van der Waals surface area contributed by atoms with Gasteiger partial charge in [-0.2, -0.15) is 0 Å². The minimum atomic E-state index is -0.203. The number of fused-ring (bicyclic) bond motifs is 1. The van der Waals surface area contributed by atoms with Crippen molar-refractivity contribution in [3.8, 4) is 0 Å². The van der Waals surface area contributed by atoms with E-state index in [4.69, 9.17) is 0 Å². The van der Waals surface area contributed by atoms with Crippen molar-refractivity contribution in [2.75, 3.05) is 4.90 Å². The third-order valence-corrected chi connectivity index (χ3v) is 3.86. The number of nitrogens with zero attached hydrogens (tertiary/aromatic N) is 3. The van der Waals surface area contributed by atoms with Gasteiger partial charge in [0.1, 0.15) is 6.54 Å². The number of carbonyl (C=O) groups excluding carboxylic acids is 1. The molecule has 24 heavy (non-hydrogen) atoms. The highest BCUT2D eigenvalue weighted by atomic mass is 16.2.